The fourth-order valence-electron chi connectivity index (χ4n) is 2.06. The predicted octanol–water partition coefficient (Wildman–Crippen LogP) is 1.27. The third-order valence-electron chi connectivity index (χ3n) is 3.33. The van der Waals surface area contributed by atoms with Gasteiger partial charge in [0.2, 0.25) is 0 Å². The van der Waals surface area contributed by atoms with E-state index < -0.39 is 17.7 Å². The first-order valence-electron chi connectivity index (χ1n) is 7.21. The maximum absolute atomic E-state index is 13.8. The first-order valence-corrected chi connectivity index (χ1v) is 7.21. The highest BCUT2D eigenvalue weighted by Gasteiger charge is 2.21. The molecule has 128 valence electrons. The fraction of sp³-hybridized carbons (Fsp3) is 0.312. The van der Waals surface area contributed by atoms with Gasteiger partial charge in [-0.3, -0.25) is 9.59 Å². The zero-order chi connectivity index (χ0) is 17.5. The quantitative estimate of drug-likeness (QED) is 0.713. The summed E-state index contributed by atoms with van der Waals surface area (Å²) in [6, 6.07) is 6.09. The van der Waals surface area contributed by atoms with Gasteiger partial charge in [-0.1, -0.05) is 12.1 Å². The Hall–Kier alpha value is -2.74. The molecule has 0 fully saturated rings. The third-order valence-corrected chi connectivity index (χ3v) is 3.33. The van der Waals surface area contributed by atoms with Gasteiger partial charge in [-0.2, -0.15) is 5.10 Å². The van der Waals surface area contributed by atoms with Gasteiger partial charge in [0.1, 0.15) is 18.0 Å². The highest BCUT2D eigenvalue weighted by atomic mass is 19.1. The summed E-state index contributed by atoms with van der Waals surface area (Å²) in [4.78, 5) is 25.3. The number of rotatable bonds is 7. The first kappa shape index (κ1) is 17.6. The van der Waals surface area contributed by atoms with Crippen molar-refractivity contribution < 1.29 is 23.5 Å². The van der Waals surface area contributed by atoms with E-state index in [1.54, 1.807) is 18.2 Å². The molecule has 0 saturated heterocycles. The largest absolute Gasteiger partial charge is 0.468 e. The van der Waals surface area contributed by atoms with E-state index in [2.05, 4.69) is 9.84 Å². The molecule has 1 aromatic carbocycles. The average molecular weight is 335 g/mol. The van der Waals surface area contributed by atoms with Crippen LogP contribution in [0.25, 0.3) is 5.69 Å². The average Bonchev–Trinajstić information content (AvgIpc) is 3.07. The van der Waals surface area contributed by atoms with Crippen molar-refractivity contribution in [3.05, 3.63) is 48.0 Å². The van der Waals surface area contributed by atoms with Crippen LogP contribution in [0.3, 0.4) is 0 Å². The van der Waals surface area contributed by atoms with Gasteiger partial charge < -0.3 is 14.4 Å². The van der Waals surface area contributed by atoms with Crippen molar-refractivity contribution in [1.29, 1.82) is 0 Å². The summed E-state index contributed by atoms with van der Waals surface area (Å²) in [5, 5.41) is 4.01. The van der Waals surface area contributed by atoms with E-state index in [0.29, 0.717) is 0 Å². The topological polar surface area (TPSA) is 73.7 Å². The maximum atomic E-state index is 13.8. The van der Waals surface area contributed by atoms with E-state index in [4.69, 9.17) is 4.74 Å². The Morgan fingerprint density at radius 2 is 2.04 bits per heavy atom. The Balaban J connectivity index is 2.21. The normalized spacial score (nSPS) is 10.5. The lowest BCUT2D eigenvalue weighted by Crippen LogP contribution is -2.38. The number of esters is 1. The van der Waals surface area contributed by atoms with Crippen molar-refractivity contribution in [1.82, 2.24) is 14.7 Å². The number of aromatic nitrogens is 2. The second kappa shape index (κ2) is 8.21. The molecule has 0 aliphatic heterocycles. The molecule has 0 unspecified atom stereocenters. The molecule has 0 spiro atoms. The molecule has 0 radical (unpaired) electrons. The van der Waals surface area contributed by atoms with Crippen LogP contribution in [0.2, 0.25) is 0 Å². The summed E-state index contributed by atoms with van der Waals surface area (Å²) in [5.74, 6) is -1.41. The highest BCUT2D eigenvalue weighted by molar-refractivity contribution is 5.95. The van der Waals surface area contributed by atoms with E-state index >= 15 is 0 Å². The zero-order valence-corrected chi connectivity index (χ0v) is 13.4. The lowest BCUT2D eigenvalue weighted by molar-refractivity contribution is -0.141. The molecule has 0 N–H and O–H groups in total. The van der Waals surface area contributed by atoms with Crippen LogP contribution in [-0.4, -0.2) is 60.5 Å². The number of carbonyl (C=O) groups excluding carboxylic acids is 2. The predicted molar refractivity (Wildman–Crippen MR) is 83.3 cm³/mol. The van der Waals surface area contributed by atoms with Crippen LogP contribution in [0.5, 0.6) is 0 Å². The first-order chi connectivity index (χ1) is 11.6. The van der Waals surface area contributed by atoms with Crippen LogP contribution >= 0.6 is 0 Å². The summed E-state index contributed by atoms with van der Waals surface area (Å²) < 4.78 is 24.6. The van der Waals surface area contributed by atoms with Crippen molar-refractivity contribution in [2.24, 2.45) is 0 Å². The number of amides is 1. The minimum absolute atomic E-state index is 0.205. The molecule has 0 saturated carbocycles. The van der Waals surface area contributed by atoms with E-state index in [9.17, 15) is 14.0 Å². The van der Waals surface area contributed by atoms with Gasteiger partial charge in [-0.05, 0) is 12.1 Å². The lowest BCUT2D eigenvalue weighted by atomic mass is 10.3. The Morgan fingerprint density at radius 1 is 1.29 bits per heavy atom. The Morgan fingerprint density at radius 3 is 2.71 bits per heavy atom. The van der Waals surface area contributed by atoms with Gasteiger partial charge in [0, 0.05) is 19.9 Å². The minimum atomic E-state index is -0.541. The van der Waals surface area contributed by atoms with Gasteiger partial charge in [-0.25, -0.2) is 9.07 Å². The van der Waals surface area contributed by atoms with E-state index in [1.807, 2.05) is 0 Å². The summed E-state index contributed by atoms with van der Waals surface area (Å²) in [6.07, 6.45) is 2.74. The molecule has 2 rings (SSSR count). The fourth-order valence-corrected chi connectivity index (χ4v) is 2.06. The number of ether oxygens (including phenoxy) is 2. The van der Waals surface area contributed by atoms with E-state index in [0.717, 1.165) is 0 Å². The number of hydrogen-bond donors (Lipinski definition) is 0. The van der Waals surface area contributed by atoms with Gasteiger partial charge in [0.05, 0.1) is 25.5 Å². The Kier molecular flexibility index (Phi) is 6.02. The Labute approximate surface area is 138 Å². The molecule has 0 bridgehead atoms. The van der Waals surface area contributed by atoms with Gasteiger partial charge in [0.15, 0.2) is 0 Å². The van der Waals surface area contributed by atoms with Crippen LogP contribution in [-0.2, 0) is 14.3 Å². The molecule has 1 amide bonds. The van der Waals surface area contributed by atoms with Gasteiger partial charge >= 0.3 is 5.97 Å². The number of carbonyl (C=O) groups is 2. The number of nitrogens with zero attached hydrogens (tertiary/aromatic N) is 3. The Bertz CT molecular complexity index is 717. The van der Waals surface area contributed by atoms with Crippen LogP contribution in [0.15, 0.2) is 36.7 Å². The van der Waals surface area contributed by atoms with Crippen molar-refractivity contribution in [2.45, 2.75) is 0 Å². The minimum Gasteiger partial charge on any atom is -0.468 e. The summed E-state index contributed by atoms with van der Waals surface area (Å²) in [6.45, 7) is 0.281. The molecule has 24 heavy (non-hydrogen) atoms. The number of halogens is 1. The SMILES string of the molecule is COCCN(CC(=O)OC)C(=O)c1cnn(-c2ccccc2F)c1. The monoisotopic (exact) mass is 335 g/mol. The molecule has 8 heteroatoms. The van der Waals surface area contributed by atoms with Gasteiger partial charge in [0.25, 0.3) is 5.91 Å². The number of para-hydroxylation sites is 1. The standard InChI is InChI=1S/C16H18FN3O4/c1-23-8-7-19(11-15(21)24-2)16(22)12-9-18-20(10-12)14-6-4-3-5-13(14)17/h3-6,9-10H,7-8,11H2,1-2H3. The van der Waals surface area contributed by atoms with Crippen molar-refractivity contribution in [3.63, 3.8) is 0 Å². The number of benzene rings is 1. The molecular formula is C16H18FN3O4. The zero-order valence-electron chi connectivity index (χ0n) is 13.4. The van der Waals surface area contributed by atoms with Crippen LogP contribution in [0.1, 0.15) is 10.4 Å². The van der Waals surface area contributed by atoms with Crippen molar-refractivity contribution in [2.75, 3.05) is 33.9 Å². The van der Waals surface area contributed by atoms with E-state index in [1.165, 1.54) is 42.3 Å². The molecule has 2 aromatic rings. The van der Waals surface area contributed by atoms with Crippen LogP contribution < -0.4 is 0 Å². The van der Waals surface area contributed by atoms with E-state index in [-0.39, 0.29) is 30.9 Å². The molecule has 0 aliphatic carbocycles. The highest BCUT2D eigenvalue weighted by Crippen LogP contribution is 2.13. The second-order valence-corrected chi connectivity index (χ2v) is 4.92. The maximum Gasteiger partial charge on any atom is 0.325 e. The molecule has 1 heterocycles. The number of methoxy groups -OCH3 is 2. The van der Waals surface area contributed by atoms with Crippen molar-refractivity contribution in [3.8, 4) is 5.69 Å². The van der Waals surface area contributed by atoms with Crippen molar-refractivity contribution >= 4 is 11.9 Å². The third kappa shape index (κ3) is 4.17. The molecular weight excluding hydrogens is 317 g/mol. The summed E-state index contributed by atoms with van der Waals surface area (Å²) >= 11 is 0. The summed E-state index contributed by atoms with van der Waals surface area (Å²) in [7, 11) is 2.74. The summed E-state index contributed by atoms with van der Waals surface area (Å²) in [5.41, 5.74) is 0.464. The molecule has 0 aliphatic rings. The lowest BCUT2D eigenvalue weighted by Gasteiger charge is -2.20. The van der Waals surface area contributed by atoms with Crippen LogP contribution in [0.4, 0.5) is 4.39 Å². The molecule has 7 nitrogen and oxygen atoms in total. The van der Waals surface area contributed by atoms with Gasteiger partial charge in [-0.15, -0.1) is 0 Å². The second-order valence-electron chi connectivity index (χ2n) is 4.92. The molecule has 0 atom stereocenters. The smallest absolute Gasteiger partial charge is 0.325 e. The van der Waals surface area contributed by atoms with Crippen LogP contribution in [0, 0.1) is 5.82 Å². The number of hydrogen-bond acceptors (Lipinski definition) is 5. The molecule has 1 aromatic heterocycles.